The van der Waals surface area contributed by atoms with Gasteiger partial charge < -0.3 is 25.4 Å². The molecule has 2 aliphatic rings. The zero-order chi connectivity index (χ0) is 15.7. The summed E-state index contributed by atoms with van der Waals surface area (Å²) in [6, 6.07) is 0. The van der Waals surface area contributed by atoms with Crippen LogP contribution in [0.5, 0.6) is 0 Å². The van der Waals surface area contributed by atoms with Crippen molar-refractivity contribution < 1.29 is 24.9 Å². The lowest BCUT2D eigenvalue weighted by Gasteiger charge is -2.57. The molecule has 4 N–H and O–H groups in total. The molecule has 0 saturated carbocycles. The lowest BCUT2D eigenvalue weighted by atomic mass is 9.65. The monoisotopic (exact) mass is 301 g/mol. The molecule has 21 heavy (non-hydrogen) atoms. The van der Waals surface area contributed by atoms with Gasteiger partial charge in [-0.25, -0.2) is 0 Å². The maximum atomic E-state index is 12.2. The van der Waals surface area contributed by atoms with Crippen LogP contribution in [-0.4, -0.2) is 58.3 Å². The standard InChI is InChI=1S/C15H27NO5/c1-3-11-13(20)16-15(9-21-14(11,15)2)12(19)10(8-18)6-4-5-7-17/h10-12,17-19H,3-9H2,1-2H3,(H,16,20). The topological polar surface area (TPSA) is 99.0 Å². The number of rotatable bonds is 8. The van der Waals surface area contributed by atoms with Gasteiger partial charge in [-0.2, -0.15) is 0 Å². The van der Waals surface area contributed by atoms with Gasteiger partial charge in [-0.05, 0) is 26.2 Å². The van der Waals surface area contributed by atoms with Crippen LogP contribution < -0.4 is 5.32 Å². The van der Waals surface area contributed by atoms with Crippen molar-refractivity contribution in [2.45, 2.75) is 56.8 Å². The predicted molar refractivity (Wildman–Crippen MR) is 76.5 cm³/mol. The highest BCUT2D eigenvalue weighted by atomic mass is 16.5. The van der Waals surface area contributed by atoms with Gasteiger partial charge in [0.2, 0.25) is 5.91 Å². The molecular weight excluding hydrogens is 274 g/mol. The van der Waals surface area contributed by atoms with Gasteiger partial charge in [0.05, 0.1) is 18.6 Å². The van der Waals surface area contributed by atoms with Gasteiger partial charge in [0, 0.05) is 19.1 Å². The molecule has 0 bridgehead atoms. The van der Waals surface area contributed by atoms with Crippen LogP contribution in [0.15, 0.2) is 0 Å². The zero-order valence-electron chi connectivity index (χ0n) is 12.8. The van der Waals surface area contributed by atoms with E-state index in [0.717, 1.165) is 6.42 Å². The van der Waals surface area contributed by atoms with E-state index in [9.17, 15) is 15.0 Å². The summed E-state index contributed by atoms with van der Waals surface area (Å²) in [4.78, 5) is 12.2. The van der Waals surface area contributed by atoms with Crippen molar-refractivity contribution in [1.29, 1.82) is 0 Å². The van der Waals surface area contributed by atoms with Crippen molar-refractivity contribution in [2.75, 3.05) is 19.8 Å². The second-order valence-electron chi connectivity index (χ2n) is 6.42. The van der Waals surface area contributed by atoms with Crippen LogP contribution in [0.3, 0.4) is 0 Å². The first kappa shape index (κ1) is 16.7. The molecule has 1 amide bonds. The number of hydrogen-bond donors (Lipinski definition) is 4. The fourth-order valence-electron chi connectivity index (χ4n) is 3.88. The van der Waals surface area contributed by atoms with Crippen LogP contribution in [0.25, 0.3) is 0 Å². The Morgan fingerprint density at radius 2 is 2.14 bits per heavy atom. The van der Waals surface area contributed by atoms with Crippen LogP contribution in [0.4, 0.5) is 0 Å². The molecule has 0 aromatic heterocycles. The first-order chi connectivity index (χ1) is 9.96. The van der Waals surface area contributed by atoms with Crippen molar-refractivity contribution in [3.05, 3.63) is 0 Å². The Balaban J connectivity index is 2.14. The molecule has 0 aromatic carbocycles. The first-order valence-electron chi connectivity index (χ1n) is 7.82. The highest BCUT2D eigenvalue weighted by Crippen LogP contribution is 2.51. The van der Waals surface area contributed by atoms with Crippen molar-refractivity contribution in [2.24, 2.45) is 11.8 Å². The number of aliphatic hydroxyl groups excluding tert-OH is 3. The van der Waals surface area contributed by atoms with E-state index in [1.165, 1.54) is 0 Å². The number of carbonyl (C=O) groups is 1. The molecule has 5 unspecified atom stereocenters. The Morgan fingerprint density at radius 1 is 1.43 bits per heavy atom. The molecule has 6 nitrogen and oxygen atoms in total. The fraction of sp³-hybridized carbons (Fsp3) is 0.933. The van der Waals surface area contributed by atoms with E-state index in [2.05, 4.69) is 5.32 Å². The van der Waals surface area contributed by atoms with Crippen molar-refractivity contribution in [1.82, 2.24) is 5.32 Å². The van der Waals surface area contributed by atoms with Gasteiger partial charge >= 0.3 is 0 Å². The Kier molecular flexibility index (Phi) is 4.92. The van der Waals surface area contributed by atoms with Gasteiger partial charge in [0.1, 0.15) is 11.1 Å². The quantitative estimate of drug-likeness (QED) is 0.466. The molecule has 6 heteroatoms. The summed E-state index contributed by atoms with van der Waals surface area (Å²) >= 11 is 0. The molecule has 122 valence electrons. The van der Waals surface area contributed by atoms with E-state index in [-0.39, 0.29) is 37.6 Å². The van der Waals surface area contributed by atoms with Crippen LogP contribution in [-0.2, 0) is 9.53 Å². The third-order valence-electron chi connectivity index (χ3n) is 5.39. The maximum absolute atomic E-state index is 12.2. The minimum atomic E-state index is -0.847. The van der Waals surface area contributed by atoms with Crippen LogP contribution in [0, 0.1) is 11.8 Å². The molecule has 2 rings (SSSR count). The van der Waals surface area contributed by atoms with Crippen molar-refractivity contribution in [3.8, 4) is 0 Å². The average molecular weight is 301 g/mol. The number of fused-ring (bicyclic) bond motifs is 1. The first-order valence-corrected chi connectivity index (χ1v) is 7.82. The summed E-state index contributed by atoms with van der Waals surface area (Å²) in [5, 5.41) is 32.1. The average Bonchev–Trinajstić information content (AvgIpc) is 2.61. The highest BCUT2D eigenvalue weighted by molar-refractivity contribution is 5.85. The normalized spacial score (nSPS) is 37.6. The second-order valence-corrected chi connectivity index (χ2v) is 6.42. The summed E-state index contributed by atoms with van der Waals surface area (Å²) in [6.45, 7) is 4.05. The summed E-state index contributed by atoms with van der Waals surface area (Å²) in [6.07, 6.45) is 1.81. The third kappa shape index (κ3) is 2.38. The fourth-order valence-corrected chi connectivity index (χ4v) is 3.88. The summed E-state index contributed by atoms with van der Waals surface area (Å²) in [7, 11) is 0. The molecule has 2 aliphatic heterocycles. The number of nitrogens with one attached hydrogen (secondary N) is 1. The third-order valence-corrected chi connectivity index (χ3v) is 5.39. The van der Waals surface area contributed by atoms with Gasteiger partial charge in [-0.1, -0.05) is 13.3 Å². The number of unbranched alkanes of at least 4 members (excludes halogenated alkanes) is 1. The molecule has 0 radical (unpaired) electrons. The van der Waals surface area contributed by atoms with Gasteiger partial charge in [-0.15, -0.1) is 0 Å². The Labute approximate surface area is 125 Å². The summed E-state index contributed by atoms with van der Waals surface area (Å²) in [5.74, 6) is -0.669. The summed E-state index contributed by atoms with van der Waals surface area (Å²) < 4.78 is 5.70. The molecule has 0 aliphatic carbocycles. The lowest BCUT2D eigenvalue weighted by molar-refractivity contribution is -0.257. The van der Waals surface area contributed by atoms with E-state index in [1.54, 1.807) is 0 Å². The Hall–Kier alpha value is -0.690. The predicted octanol–water partition coefficient (Wildman–Crippen LogP) is -0.198. The van der Waals surface area contributed by atoms with Gasteiger partial charge in [0.15, 0.2) is 0 Å². The minimum absolute atomic E-state index is 0.0800. The number of carbonyl (C=O) groups excluding carboxylic acids is 1. The largest absolute Gasteiger partial charge is 0.396 e. The highest BCUT2D eigenvalue weighted by Gasteiger charge is 2.72. The van der Waals surface area contributed by atoms with E-state index in [0.29, 0.717) is 19.3 Å². The van der Waals surface area contributed by atoms with E-state index < -0.39 is 17.2 Å². The Bertz CT molecular complexity index is 390. The van der Waals surface area contributed by atoms with E-state index in [4.69, 9.17) is 9.84 Å². The molecule has 2 heterocycles. The lowest BCUT2D eigenvalue weighted by Crippen LogP contribution is -2.77. The molecule has 0 spiro atoms. The second kappa shape index (κ2) is 6.20. The minimum Gasteiger partial charge on any atom is -0.396 e. The Morgan fingerprint density at radius 3 is 2.62 bits per heavy atom. The van der Waals surface area contributed by atoms with E-state index >= 15 is 0 Å². The van der Waals surface area contributed by atoms with E-state index in [1.807, 2.05) is 13.8 Å². The molecule has 5 atom stereocenters. The van der Waals surface area contributed by atoms with Crippen LogP contribution in [0.2, 0.25) is 0 Å². The zero-order valence-corrected chi connectivity index (χ0v) is 12.8. The van der Waals surface area contributed by atoms with Crippen molar-refractivity contribution in [3.63, 3.8) is 0 Å². The van der Waals surface area contributed by atoms with Crippen LogP contribution >= 0.6 is 0 Å². The number of ether oxygens (including phenoxy) is 1. The SMILES string of the molecule is CCC1C(=O)NC2(C(O)C(CO)CCCCO)COC12C. The molecule has 2 fully saturated rings. The number of amides is 1. The van der Waals surface area contributed by atoms with Gasteiger partial charge in [-0.3, -0.25) is 4.79 Å². The molecule has 0 aromatic rings. The van der Waals surface area contributed by atoms with Crippen LogP contribution in [0.1, 0.15) is 39.5 Å². The molecule has 2 saturated heterocycles. The maximum Gasteiger partial charge on any atom is 0.226 e. The summed E-state index contributed by atoms with van der Waals surface area (Å²) in [5.41, 5.74) is -1.50. The van der Waals surface area contributed by atoms with Crippen molar-refractivity contribution >= 4 is 5.91 Å². The molecular formula is C15H27NO5. The number of hydrogen-bond acceptors (Lipinski definition) is 5. The number of aliphatic hydroxyl groups is 3. The smallest absolute Gasteiger partial charge is 0.226 e. The van der Waals surface area contributed by atoms with Gasteiger partial charge in [0.25, 0.3) is 0 Å².